The van der Waals surface area contributed by atoms with E-state index in [1.807, 2.05) is 0 Å². The van der Waals surface area contributed by atoms with Gasteiger partial charge in [0.25, 0.3) is 0 Å². The van der Waals surface area contributed by atoms with Crippen molar-refractivity contribution in [3.05, 3.63) is 0 Å². The maximum Gasteiger partial charge on any atom is 0.425 e. The van der Waals surface area contributed by atoms with Gasteiger partial charge in [0.15, 0.2) is 0 Å². The highest BCUT2D eigenvalue weighted by Gasteiger charge is 2.46. The molecule has 0 aromatic rings. The van der Waals surface area contributed by atoms with Crippen LogP contribution in [0.1, 0.15) is 0 Å². The second-order valence-electron chi connectivity index (χ2n) is 2.33. The first kappa shape index (κ1) is 9.23. The lowest BCUT2D eigenvalue weighted by Gasteiger charge is -2.24. The number of amides is 1. The second-order valence-corrected chi connectivity index (χ2v) is 3.20. The van der Waals surface area contributed by atoms with Crippen molar-refractivity contribution < 1.29 is 9.53 Å². The summed E-state index contributed by atoms with van der Waals surface area (Å²) in [6.07, 6.45) is -0.590. The van der Waals surface area contributed by atoms with E-state index >= 15 is 0 Å². The molecule has 0 aliphatic carbocycles. The molecule has 0 aromatic carbocycles. The van der Waals surface area contributed by atoms with Crippen LogP contribution in [0.2, 0.25) is 0 Å². The van der Waals surface area contributed by atoms with Gasteiger partial charge in [-0.25, -0.2) is 9.21 Å². The Morgan fingerprint density at radius 2 is 2.09 bits per heavy atom. The Morgan fingerprint density at radius 1 is 1.55 bits per heavy atom. The number of rotatable bonds is 2. The van der Waals surface area contributed by atoms with E-state index in [0.717, 1.165) is 4.42 Å². The largest absolute Gasteiger partial charge is 0.446 e. The lowest BCUT2D eigenvalue weighted by molar-refractivity contribution is 0.170. The van der Waals surface area contributed by atoms with Gasteiger partial charge in [0, 0.05) is 11.8 Å². The number of nitrogens with zero attached hydrogens (tertiary/aromatic N) is 1. The molecular formula is C5H6Cl3NO2. The molecule has 0 aromatic heterocycles. The lowest BCUT2D eigenvalue weighted by atomic mass is 10.1. The van der Waals surface area contributed by atoms with E-state index in [0.29, 0.717) is 0 Å². The highest BCUT2D eigenvalue weighted by atomic mass is 35.5. The molecule has 0 bridgehead atoms. The summed E-state index contributed by atoms with van der Waals surface area (Å²) in [7, 11) is 0. The van der Waals surface area contributed by atoms with E-state index in [1.165, 1.54) is 0 Å². The van der Waals surface area contributed by atoms with Crippen LogP contribution in [0.15, 0.2) is 0 Å². The molecule has 1 saturated heterocycles. The molecule has 1 rings (SSSR count). The van der Waals surface area contributed by atoms with Crippen LogP contribution < -0.4 is 0 Å². The van der Waals surface area contributed by atoms with Crippen molar-refractivity contribution >= 4 is 41.1 Å². The predicted octanol–water partition coefficient (Wildman–Crippen LogP) is 1.81. The van der Waals surface area contributed by atoms with Gasteiger partial charge in [0.2, 0.25) is 0 Å². The summed E-state index contributed by atoms with van der Waals surface area (Å²) < 4.78 is 5.57. The summed E-state index contributed by atoms with van der Waals surface area (Å²) in [6.45, 7) is 0.155. The molecule has 0 atom stereocenters. The van der Waals surface area contributed by atoms with Crippen LogP contribution in [-0.2, 0) is 4.74 Å². The van der Waals surface area contributed by atoms with E-state index in [2.05, 4.69) is 4.74 Å². The molecule has 1 amide bonds. The van der Waals surface area contributed by atoms with Crippen molar-refractivity contribution in [3.63, 3.8) is 0 Å². The number of carbonyl (C=O) groups excluding carboxylic acids is 1. The number of cyclic esters (lactones) is 1. The second kappa shape index (κ2) is 3.25. The number of halogens is 3. The van der Waals surface area contributed by atoms with Gasteiger partial charge in [-0.2, -0.15) is 0 Å². The van der Waals surface area contributed by atoms with E-state index in [9.17, 15) is 4.79 Å². The molecule has 0 spiro atoms. The number of hydrogen-bond donors (Lipinski definition) is 0. The standard InChI is InChI=1S/C5H6Cl3NO2/c6-1-5(2-7)3-11-4(10)9(5)8/h1-3H2. The molecule has 1 aliphatic heterocycles. The topological polar surface area (TPSA) is 29.5 Å². The van der Waals surface area contributed by atoms with E-state index in [1.54, 1.807) is 0 Å². The van der Waals surface area contributed by atoms with Crippen molar-refractivity contribution in [1.82, 2.24) is 4.42 Å². The van der Waals surface area contributed by atoms with Gasteiger partial charge >= 0.3 is 6.09 Å². The summed E-state index contributed by atoms with van der Waals surface area (Å²) in [5, 5.41) is 0. The van der Waals surface area contributed by atoms with Gasteiger partial charge in [-0.3, -0.25) is 0 Å². The van der Waals surface area contributed by atoms with Gasteiger partial charge in [0.05, 0.1) is 11.8 Å². The highest BCUT2D eigenvalue weighted by molar-refractivity contribution is 6.26. The quantitative estimate of drug-likeness (QED) is 0.523. The average molecular weight is 218 g/mol. The molecule has 1 aliphatic rings. The number of alkyl halides is 2. The van der Waals surface area contributed by atoms with Crippen LogP contribution in [0.3, 0.4) is 0 Å². The molecule has 0 N–H and O–H groups in total. The Kier molecular flexibility index (Phi) is 2.73. The highest BCUT2D eigenvalue weighted by Crippen LogP contribution is 2.28. The zero-order valence-corrected chi connectivity index (χ0v) is 7.79. The van der Waals surface area contributed by atoms with Crippen LogP contribution in [0.5, 0.6) is 0 Å². The van der Waals surface area contributed by atoms with Crippen molar-refractivity contribution in [2.75, 3.05) is 18.4 Å². The Labute approximate surface area is 79.2 Å². The fraction of sp³-hybridized carbons (Fsp3) is 0.800. The number of hydrogen-bond acceptors (Lipinski definition) is 2. The Hall–Kier alpha value is 0.140. The zero-order valence-electron chi connectivity index (χ0n) is 5.52. The first-order valence-corrected chi connectivity index (χ1v) is 4.32. The van der Waals surface area contributed by atoms with Crippen LogP contribution in [0.4, 0.5) is 4.79 Å². The number of ether oxygens (including phenoxy) is 1. The molecule has 3 nitrogen and oxygen atoms in total. The molecule has 1 fully saturated rings. The summed E-state index contributed by atoms with van der Waals surface area (Å²) >= 11 is 16.7. The Bertz CT molecular complexity index is 171. The lowest BCUT2D eigenvalue weighted by Crippen LogP contribution is -2.45. The minimum absolute atomic E-state index is 0.155. The summed E-state index contributed by atoms with van der Waals surface area (Å²) in [6, 6.07) is 0. The normalized spacial score (nSPS) is 22.1. The van der Waals surface area contributed by atoms with Gasteiger partial charge in [-0.1, -0.05) is 0 Å². The third-order valence-corrected chi connectivity index (χ3v) is 3.03. The zero-order chi connectivity index (χ0) is 8.48. The first-order chi connectivity index (χ1) is 5.16. The van der Waals surface area contributed by atoms with Crippen molar-refractivity contribution in [2.45, 2.75) is 5.54 Å². The van der Waals surface area contributed by atoms with E-state index in [4.69, 9.17) is 35.0 Å². The first-order valence-electron chi connectivity index (χ1n) is 2.91. The summed E-state index contributed by atoms with van der Waals surface area (Å²) in [5.41, 5.74) is -0.734. The van der Waals surface area contributed by atoms with Gasteiger partial charge in [0.1, 0.15) is 12.1 Å². The molecule has 6 heteroatoms. The predicted molar refractivity (Wildman–Crippen MR) is 43.2 cm³/mol. The van der Waals surface area contributed by atoms with Gasteiger partial charge in [-0.15, -0.1) is 23.2 Å². The fourth-order valence-corrected chi connectivity index (χ4v) is 1.74. The van der Waals surface area contributed by atoms with Crippen LogP contribution in [-0.4, -0.2) is 34.4 Å². The van der Waals surface area contributed by atoms with Crippen LogP contribution >= 0.6 is 35.0 Å². The Balaban J connectivity index is 2.77. The third-order valence-electron chi connectivity index (χ3n) is 1.54. The summed E-state index contributed by atoms with van der Waals surface area (Å²) in [5.74, 6) is 0.345. The minimum Gasteiger partial charge on any atom is -0.446 e. The van der Waals surface area contributed by atoms with E-state index in [-0.39, 0.29) is 18.4 Å². The van der Waals surface area contributed by atoms with Crippen molar-refractivity contribution in [1.29, 1.82) is 0 Å². The van der Waals surface area contributed by atoms with Gasteiger partial charge < -0.3 is 4.74 Å². The van der Waals surface area contributed by atoms with Crippen LogP contribution in [0.25, 0.3) is 0 Å². The SMILES string of the molecule is O=C1OCC(CCl)(CCl)N1Cl. The minimum atomic E-state index is -0.734. The van der Waals surface area contributed by atoms with Crippen LogP contribution in [0, 0.1) is 0 Å². The molecule has 0 saturated carbocycles. The molecular weight excluding hydrogens is 212 g/mol. The van der Waals surface area contributed by atoms with Crippen molar-refractivity contribution in [3.8, 4) is 0 Å². The summed E-state index contributed by atoms with van der Waals surface area (Å²) in [4.78, 5) is 10.8. The Morgan fingerprint density at radius 3 is 2.27 bits per heavy atom. The van der Waals surface area contributed by atoms with Crippen molar-refractivity contribution in [2.24, 2.45) is 0 Å². The fourth-order valence-electron chi connectivity index (χ4n) is 0.721. The smallest absolute Gasteiger partial charge is 0.425 e. The molecule has 1 heterocycles. The molecule has 0 radical (unpaired) electrons. The maximum absolute atomic E-state index is 10.8. The molecule has 0 unspecified atom stereocenters. The van der Waals surface area contributed by atoms with Gasteiger partial charge in [-0.05, 0) is 0 Å². The maximum atomic E-state index is 10.8. The average Bonchev–Trinajstić information content (AvgIpc) is 2.32. The number of carbonyl (C=O) groups is 1. The molecule has 64 valence electrons. The monoisotopic (exact) mass is 217 g/mol. The third kappa shape index (κ3) is 1.37. The van der Waals surface area contributed by atoms with E-state index < -0.39 is 11.6 Å². The molecule has 11 heavy (non-hydrogen) atoms.